The predicted molar refractivity (Wildman–Crippen MR) is 82.2 cm³/mol. The summed E-state index contributed by atoms with van der Waals surface area (Å²) in [4.78, 5) is 3.34. The zero-order chi connectivity index (χ0) is 14.9. The minimum absolute atomic E-state index is 0.165. The number of nitrogens with zero attached hydrogens (tertiary/aromatic N) is 1. The number of sulfonamides is 1. The molecule has 1 N–H and O–H groups in total. The Balaban J connectivity index is 2.29. The summed E-state index contributed by atoms with van der Waals surface area (Å²) in [6.45, 7) is 9.38. The summed E-state index contributed by atoms with van der Waals surface area (Å²) in [6.07, 6.45) is 3.88. The van der Waals surface area contributed by atoms with E-state index in [9.17, 15) is 8.42 Å². The van der Waals surface area contributed by atoms with E-state index in [1.807, 2.05) is 20.0 Å². The summed E-state index contributed by atoms with van der Waals surface area (Å²) in [6, 6.07) is 0. The Morgan fingerprint density at radius 3 is 2.60 bits per heavy atom. The van der Waals surface area contributed by atoms with Crippen LogP contribution in [0.1, 0.15) is 56.9 Å². The second-order valence-corrected chi connectivity index (χ2v) is 8.48. The lowest BCUT2D eigenvalue weighted by Gasteiger charge is -2.22. The molecular formula is C15H26N2O2S. The molecular weight excluding hydrogens is 272 g/mol. The maximum atomic E-state index is 12.5. The van der Waals surface area contributed by atoms with Crippen molar-refractivity contribution in [1.29, 1.82) is 0 Å². The summed E-state index contributed by atoms with van der Waals surface area (Å²) in [7, 11) is -3.15. The summed E-state index contributed by atoms with van der Waals surface area (Å²) in [5.41, 5.74) is 3.67. The van der Waals surface area contributed by atoms with Crippen molar-refractivity contribution in [2.45, 2.75) is 53.0 Å². The monoisotopic (exact) mass is 298 g/mol. The molecule has 1 aliphatic rings. The third-order valence-electron chi connectivity index (χ3n) is 3.84. The first kappa shape index (κ1) is 15.6. The van der Waals surface area contributed by atoms with Crippen LogP contribution < -0.4 is 0 Å². The molecule has 20 heavy (non-hydrogen) atoms. The van der Waals surface area contributed by atoms with Crippen LogP contribution in [0.2, 0.25) is 0 Å². The SMILES string of the molecule is CC(C)CS(=O)(=O)N1CCCc2[nH]cc(C(C)C)c2C1. The molecule has 0 bridgehead atoms. The fourth-order valence-electron chi connectivity index (χ4n) is 2.89. The average Bonchev–Trinajstić information content (AvgIpc) is 2.58. The maximum Gasteiger partial charge on any atom is 0.214 e. The van der Waals surface area contributed by atoms with Crippen LogP contribution in [0.5, 0.6) is 0 Å². The second-order valence-electron chi connectivity index (χ2n) is 6.47. The lowest BCUT2D eigenvalue weighted by atomic mass is 10.00. The van der Waals surface area contributed by atoms with E-state index in [4.69, 9.17) is 0 Å². The lowest BCUT2D eigenvalue weighted by molar-refractivity contribution is 0.404. The van der Waals surface area contributed by atoms with Crippen LogP contribution in [0.15, 0.2) is 6.20 Å². The van der Waals surface area contributed by atoms with Gasteiger partial charge in [-0.05, 0) is 35.8 Å². The molecule has 0 aromatic carbocycles. The Kier molecular flexibility index (Phi) is 4.59. The van der Waals surface area contributed by atoms with Crippen LogP contribution in [0, 0.1) is 5.92 Å². The van der Waals surface area contributed by atoms with Crippen LogP contribution in [0.25, 0.3) is 0 Å². The predicted octanol–water partition coefficient (Wildman–Crippen LogP) is 2.87. The highest BCUT2D eigenvalue weighted by atomic mass is 32.2. The number of hydrogen-bond donors (Lipinski definition) is 1. The zero-order valence-electron chi connectivity index (χ0n) is 12.9. The highest BCUT2D eigenvalue weighted by Crippen LogP contribution is 2.28. The van der Waals surface area contributed by atoms with Crippen LogP contribution in [0.3, 0.4) is 0 Å². The number of aromatic amines is 1. The second kappa shape index (κ2) is 5.90. The molecule has 114 valence electrons. The van der Waals surface area contributed by atoms with E-state index in [2.05, 4.69) is 18.8 Å². The third-order valence-corrected chi connectivity index (χ3v) is 6.03. The molecule has 0 aliphatic carbocycles. The smallest absolute Gasteiger partial charge is 0.214 e. The van der Waals surface area contributed by atoms with Crippen molar-refractivity contribution in [3.63, 3.8) is 0 Å². The third kappa shape index (κ3) is 3.26. The molecule has 4 nitrogen and oxygen atoms in total. The molecule has 0 amide bonds. The summed E-state index contributed by atoms with van der Waals surface area (Å²) in [5.74, 6) is 0.824. The van der Waals surface area contributed by atoms with E-state index >= 15 is 0 Å². The van der Waals surface area contributed by atoms with Crippen molar-refractivity contribution in [3.05, 3.63) is 23.0 Å². The number of hydrogen-bond acceptors (Lipinski definition) is 2. The van der Waals surface area contributed by atoms with Crippen molar-refractivity contribution in [2.24, 2.45) is 5.92 Å². The molecule has 1 aromatic rings. The van der Waals surface area contributed by atoms with Crippen LogP contribution in [-0.2, 0) is 23.0 Å². The first-order chi connectivity index (χ1) is 9.31. The van der Waals surface area contributed by atoms with Gasteiger partial charge in [0, 0.05) is 25.0 Å². The normalized spacial score (nSPS) is 17.5. The van der Waals surface area contributed by atoms with Crippen molar-refractivity contribution in [1.82, 2.24) is 9.29 Å². The molecule has 0 fully saturated rings. The van der Waals surface area contributed by atoms with Gasteiger partial charge in [-0.3, -0.25) is 0 Å². The molecule has 0 unspecified atom stereocenters. The standard InChI is InChI=1S/C15H26N2O2S/c1-11(2)10-20(18,19)17-7-5-6-15-14(9-17)13(8-16-15)12(3)4/h8,11-12,16H,5-7,9-10H2,1-4H3. The first-order valence-corrected chi connectivity index (χ1v) is 9.09. The van der Waals surface area contributed by atoms with Gasteiger partial charge in [-0.2, -0.15) is 4.31 Å². The van der Waals surface area contributed by atoms with E-state index in [-0.39, 0.29) is 11.7 Å². The van der Waals surface area contributed by atoms with Gasteiger partial charge in [-0.15, -0.1) is 0 Å². The van der Waals surface area contributed by atoms with Gasteiger partial charge in [-0.1, -0.05) is 27.7 Å². The number of aromatic nitrogens is 1. The van der Waals surface area contributed by atoms with Crippen LogP contribution in [-0.4, -0.2) is 30.0 Å². The molecule has 0 radical (unpaired) electrons. The summed E-state index contributed by atoms with van der Waals surface area (Å²) >= 11 is 0. The number of aryl methyl sites for hydroxylation is 1. The fourth-order valence-corrected chi connectivity index (χ4v) is 4.68. The van der Waals surface area contributed by atoms with Gasteiger partial charge in [0.2, 0.25) is 10.0 Å². The quantitative estimate of drug-likeness (QED) is 0.929. The van der Waals surface area contributed by atoms with E-state index in [0.717, 1.165) is 12.8 Å². The Bertz CT molecular complexity index is 558. The summed E-state index contributed by atoms with van der Waals surface area (Å²) < 4.78 is 26.6. The van der Waals surface area contributed by atoms with Crippen molar-refractivity contribution in [3.8, 4) is 0 Å². The highest BCUT2D eigenvalue weighted by molar-refractivity contribution is 7.89. The van der Waals surface area contributed by atoms with Crippen LogP contribution >= 0.6 is 0 Å². The minimum atomic E-state index is -3.15. The molecule has 0 saturated carbocycles. The maximum absolute atomic E-state index is 12.5. The van der Waals surface area contributed by atoms with Crippen molar-refractivity contribution >= 4 is 10.0 Å². The molecule has 0 saturated heterocycles. The fraction of sp³-hybridized carbons (Fsp3) is 0.733. The molecule has 2 rings (SSSR count). The Morgan fingerprint density at radius 1 is 1.30 bits per heavy atom. The minimum Gasteiger partial charge on any atom is -0.364 e. The first-order valence-electron chi connectivity index (χ1n) is 7.48. The zero-order valence-corrected chi connectivity index (χ0v) is 13.8. The highest BCUT2D eigenvalue weighted by Gasteiger charge is 2.28. The molecule has 2 heterocycles. The van der Waals surface area contributed by atoms with Gasteiger partial charge in [0.15, 0.2) is 0 Å². The molecule has 1 aromatic heterocycles. The Hall–Kier alpha value is -0.810. The Labute approximate surface area is 122 Å². The number of H-pyrrole nitrogens is 1. The van der Waals surface area contributed by atoms with Gasteiger partial charge in [0.25, 0.3) is 0 Å². The largest absolute Gasteiger partial charge is 0.364 e. The number of rotatable bonds is 4. The molecule has 0 atom stereocenters. The number of fused-ring (bicyclic) bond motifs is 1. The van der Waals surface area contributed by atoms with Gasteiger partial charge in [-0.25, -0.2) is 8.42 Å². The average molecular weight is 298 g/mol. The van der Waals surface area contributed by atoms with Crippen molar-refractivity contribution < 1.29 is 8.42 Å². The van der Waals surface area contributed by atoms with Gasteiger partial charge in [0.05, 0.1) is 5.75 Å². The topological polar surface area (TPSA) is 53.2 Å². The van der Waals surface area contributed by atoms with E-state index < -0.39 is 10.0 Å². The molecule has 1 aliphatic heterocycles. The Morgan fingerprint density at radius 2 is 2.00 bits per heavy atom. The van der Waals surface area contributed by atoms with Crippen molar-refractivity contribution in [2.75, 3.05) is 12.3 Å². The van der Waals surface area contributed by atoms with E-state index in [1.54, 1.807) is 4.31 Å². The van der Waals surface area contributed by atoms with Gasteiger partial charge >= 0.3 is 0 Å². The summed E-state index contributed by atoms with van der Waals surface area (Å²) in [5, 5.41) is 0. The van der Waals surface area contributed by atoms with Gasteiger partial charge < -0.3 is 4.98 Å². The van der Waals surface area contributed by atoms with E-state index in [1.165, 1.54) is 16.8 Å². The molecule has 5 heteroatoms. The molecule has 0 spiro atoms. The van der Waals surface area contributed by atoms with Crippen LogP contribution in [0.4, 0.5) is 0 Å². The van der Waals surface area contributed by atoms with Gasteiger partial charge in [0.1, 0.15) is 0 Å². The van der Waals surface area contributed by atoms with E-state index in [0.29, 0.717) is 19.0 Å². The lowest BCUT2D eigenvalue weighted by Crippen LogP contribution is -2.34. The number of nitrogens with one attached hydrogen (secondary N) is 1.